The van der Waals surface area contributed by atoms with Crippen molar-refractivity contribution < 1.29 is 80.2 Å². The number of aliphatic hydroxyl groups excluding tert-OH is 1. The molecule has 0 bridgehead atoms. The molecule has 0 rings (SSSR count). The minimum atomic E-state index is -4.97. The van der Waals surface area contributed by atoms with Gasteiger partial charge in [0.05, 0.1) is 26.4 Å². The van der Waals surface area contributed by atoms with Gasteiger partial charge in [0, 0.05) is 25.7 Å². The highest BCUT2D eigenvalue weighted by molar-refractivity contribution is 7.47. The summed E-state index contributed by atoms with van der Waals surface area (Å²) in [5.41, 5.74) is 0. The van der Waals surface area contributed by atoms with Crippen LogP contribution in [0.3, 0.4) is 0 Å². The lowest BCUT2D eigenvalue weighted by atomic mass is 9.99. The van der Waals surface area contributed by atoms with E-state index < -0.39 is 97.5 Å². The van der Waals surface area contributed by atoms with Crippen LogP contribution in [0.5, 0.6) is 0 Å². The van der Waals surface area contributed by atoms with Crippen molar-refractivity contribution in [3.63, 3.8) is 0 Å². The van der Waals surface area contributed by atoms with Crippen LogP contribution in [0.15, 0.2) is 0 Å². The van der Waals surface area contributed by atoms with Crippen molar-refractivity contribution in [3.8, 4) is 0 Å². The molecule has 0 aliphatic heterocycles. The fourth-order valence-corrected chi connectivity index (χ4v) is 16.1. The summed E-state index contributed by atoms with van der Waals surface area (Å²) < 4.78 is 69.1. The molecule has 0 saturated heterocycles. The molecule has 0 aromatic rings. The molecule has 8 atom stereocenters. The maximum atomic E-state index is 13.2. The quantitative estimate of drug-likeness (QED) is 0.0222. The first kappa shape index (κ1) is 110. The number of carbonyl (C=O) groups excluding carboxylic acids is 4. The first-order valence-corrected chi connectivity index (χ1v) is 51.0. The molecule has 0 aromatic carbocycles. The first-order valence-electron chi connectivity index (χ1n) is 48.0. The minimum absolute atomic E-state index is 0.108. The molecule has 5 unspecified atom stereocenters. The van der Waals surface area contributed by atoms with Gasteiger partial charge in [0.25, 0.3) is 0 Å². The molecule has 0 aliphatic carbocycles. The predicted molar refractivity (Wildman–Crippen MR) is 465 cm³/mol. The van der Waals surface area contributed by atoms with E-state index in [1.165, 1.54) is 308 Å². The molecular weight excluding hydrogens is 1450 g/mol. The van der Waals surface area contributed by atoms with E-state index in [2.05, 4.69) is 48.5 Å². The fraction of sp³-hybridized carbons (Fsp3) is 0.957. The summed E-state index contributed by atoms with van der Waals surface area (Å²) >= 11 is 0. The molecule has 0 heterocycles. The van der Waals surface area contributed by atoms with Gasteiger partial charge in [0.2, 0.25) is 0 Å². The van der Waals surface area contributed by atoms with Gasteiger partial charge >= 0.3 is 39.5 Å². The Morgan fingerprint density at radius 3 is 0.634 bits per heavy atom. The Labute approximate surface area is 689 Å². The number of rotatable bonds is 91. The number of hydrogen-bond donors (Lipinski definition) is 3. The second-order valence-corrected chi connectivity index (χ2v) is 37.0. The Hall–Kier alpha value is -1.94. The van der Waals surface area contributed by atoms with Crippen LogP contribution >= 0.6 is 15.6 Å². The smallest absolute Gasteiger partial charge is 0.462 e. The molecule has 0 amide bonds. The van der Waals surface area contributed by atoms with E-state index in [1.807, 2.05) is 0 Å². The number of ether oxygens (including phenoxy) is 4. The lowest BCUT2D eigenvalue weighted by molar-refractivity contribution is -0.161. The van der Waals surface area contributed by atoms with E-state index in [4.69, 9.17) is 37.0 Å². The van der Waals surface area contributed by atoms with Crippen LogP contribution in [0.25, 0.3) is 0 Å². The van der Waals surface area contributed by atoms with Crippen LogP contribution in [-0.4, -0.2) is 96.7 Å². The zero-order valence-electron chi connectivity index (χ0n) is 74.2. The Kier molecular flexibility index (Phi) is 81.3. The molecule has 0 fully saturated rings. The molecule has 0 aliphatic rings. The van der Waals surface area contributed by atoms with Crippen molar-refractivity contribution in [2.24, 2.45) is 17.8 Å². The predicted octanol–water partition coefficient (Wildman–Crippen LogP) is 28.8. The van der Waals surface area contributed by atoms with Gasteiger partial charge in [-0.25, -0.2) is 9.13 Å². The van der Waals surface area contributed by atoms with Gasteiger partial charge in [0.1, 0.15) is 19.3 Å². The molecule has 666 valence electrons. The van der Waals surface area contributed by atoms with Crippen LogP contribution in [0.1, 0.15) is 498 Å². The lowest BCUT2D eigenvalue weighted by Crippen LogP contribution is -2.30. The van der Waals surface area contributed by atoms with Crippen LogP contribution in [-0.2, 0) is 65.4 Å². The monoisotopic (exact) mass is 1630 g/mol. The summed E-state index contributed by atoms with van der Waals surface area (Å²) in [6, 6.07) is 0. The number of phosphoric ester groups is 2. The summed E-state index contributed by atoms with van der Waals surface area (Å²) in [6.45, 7) is 12.2. The van der Waals surface area contributed by atoms with Crippen LogP contribution in [0.2, 0.25) is 0 Å². The molecule has 0 spiro atoms. The second-order valence-electron chi connectivity index (χ2n) is 34.1. The van der Waals surface area contributed by atoms with Crippen molar-refractivity contribution in [1.82, 2.24) is 0 Å². The molecule has 0 saturated carbocycles. The summed E-state index contributed by atoms with van der Waals surface area (Å²) in [6.07, 6.45) is 76.3. The highest BCUT2D eigenvalue weighted by Crippen LogP contribution is 2.45. The van der Waals surface area contributed by atoms with E-state index in [0.717, 1.165) is 108 Å². The van der Waals surface area contributed by atoms with Gasteiger partial charge in [-0.05, 0) is 43.4 Å². The SMILES string of the molecule is CCCCCCCCCCCCCCCCCCC(=O)O[C@H](COC(=O)CCCCCCCCCCC(C)CC)COP(=O)(O)OC[C@H](O)COP(=O)(O)OC[C@@H](COC(=O)CCCCCCCCCCCCCCCCCCCCC(C)CC)OC(=O)CCCCCCCCCCCCCCCCCCCCC(C)CC. The first-order chi connectivity index (χ1) is 54.3. The molecule has 17 nitrogen and oxygen atoms in total. The third-order valence-corrected chi connectivity index (χ3v) is 24.9. The van der Waals surface area contributed by atoms with E-state index in [-0.39, 0.29) is 25.7 Å². The van der Waals surface area contributed by atoms with Gasteiger partial charge in [-0.15, -0.1) is 0 Å². The van der Waals surface area contributed by atoms with Crippen molar-refractivity contribution in [2.75, 3.05) is 39.6 Å². The summed E-state index contributed by atoms with van der Waals surface area (Å²) in [4.78, 5) is 73.5. The topological polar surface area (TPSA) is 237 Å². The van der Waals surface area contributed by atoms with Crippen molar-refractivity contribution in [3.05, 3.63) is 0 Å². The van der Waals surface area contributed by atoms with Gasteiger partial charge in [-0.3, -0.25) is 37.3 Å². The standard InChI is InChI=1S/C93H182O17P2/c1-8-12-13-14-15-16-17-18-19-30-36-41-46-55-62-69-76-93(98)110-89(81-104-91(96)75-68-61-54-49-48-52-59-66-73-86(7)11-4)83-108-112(101,102)106-79-87(94)78-105-111(99,100)107-82-88(109-92(97)77-70-63-56-47-42-37-32-27-23-21-25-29-34-39-44-51-58-65-72-85(6)10-3)80-103-90(95)74-67-60-53-45-40-35-31-26-22-20-24-28-33-38-43-50-57-64-71-84(5)9-2/h84-89,94H,8-83H2,1-7H3,(H,99,100)(H,101,102)/t84?,85?,86?,87-,88-,89-/m1/s1. The summed E-state index contributed by atoms with van der Waals surface area (Å²) in [5.74, 6) is 0.427. The third kappa shape index (κ3) is 81.8. The Balaban J connectivity index is 5.24. The molecule has 0 radical (unpaired) electrons. The van der Waals surface area contributed by atoms with E-state index >= 15 is 0 Å². The number of unbranched alkanes of at least 4 members (excludes halogenated alkanes) is 56. The zero-order valence-corrected chi connectivity index (χ0v) is 75.9. The number of esters is 4. The molecular formula is C93H182O17P2. The average Bonchev–Trinajstić information content (AvgIpc) is 0.896. The normalized spacial score (nSPS) is 14.5. The second kappa shape index (κ2) is 82.7. The summed E-state index contributed by atoms with van der Waals surface area (Å²) in [5, 5.41) is 10.7. The summed E-state index contributed by atoms with van der Waals surface area (Å²) in [7, 11) is -9.94. The zero-order chi connectivity index (χ0) is 82.2. The number of hydrogen-bond acceptors (Lipinski definition) is 15. The van der Waals surface area contributed by atoms with Gasteiger partial charge in [-0.1, -0.05) is 447 Å². The molecule has 0 aromatic heterocycles. The van der Waals surface area contributed by atoms with E-state index in [9.17, 15) is 43.2 Å². The van der Waals surface area contributed by atoms with Crippen molar-refractivity contribution >= 4 is 39.5 Å². The van der Waals surface area contributed by atoms with Crippen molar-refractivity contribution in [2.45, 2.75) is 516 Å². The largest absolute Gasteiger partial charge is 0.472 e. The third-order valence-electron chi connectivity index (χ3n) is 23.0. The number of phosphoric acid groups is 2. The van der Waals surface area contributed by atoms with E-state index in [1.54, 1.807) is 0 Å². The Morgan fingerprint density at radius 2 is 0.429 bits per heavy atom. The average molecular weight is 1630 g/mol. The number of aliphatic hydroxyl groups is 1. The van der Waals surface area contributed by atoms with Gasteiger partial charge in [-0.2, -0.15) is 0 Å². The van der Waals surface area contributed by atoms with Gasteiger partial charge < -0.3 is 33.8 Å². The minimum Gasteiger partial charge on any atom is -0.462 e. The Bertz CT molecular complexity index is 2150. The van der Waals surface area contributed by atoms with Crippen LogP contribution in [0, 0.1) is 17.8 Å². The Morgan fingerprint density at radius 1 is 0.250 bits per heavy atom. The highest BCUT2D eigenvalue weighted by Gasteiger charge is 2.31. The van der Waals surface area contributed by atoms with E-state index in [0.29, 0.717) is 25.7 Å². The molecule has 3 N–H and O–H groups in total. The molecule has 112 heavy (non-hydrogen) atoms. The van der Waals surface area contributed by atoms with Crippen molar-refractivity contribution in [1.29, 1.82) is 0 Å². The van der Waals surface area contributed by atoms with Gasteiger partial charge in [0.15, 0.2) is 12.2 Å². The maximum Gasteiger partial charge on any atom is 0.472 e. The lowest BCUT2D eigenvalue weighted by Gasteiger charge is -2.21. The maximum absolute atomic E-state index is 13.2. The van der Waals surface area contributed by atoms with Crippen LogP contribution in [0.4, 0.5) is 0 Å². The number of carbonyl (C=O) groups is 4. The molecule has 19 heteroatoms. The fourth-order valence-electron chi connectivity index (χ4n) is 14.5. The van der Waals surface area contributed by atoms with Crippen LogP contribution < -0.4 is 0 Å². The highest BCUT2D eigenvalue weighted by atomic mass is 31.2.